The maximum absolute atomic E-state index is 14.0. The summed E-state index contributed by atoms with van der Waals surface area (Å²) in [6.07, 6.45) is 3.28. The molecule has 3 aromatic rings. The van der Waals surface area contributed by atoms with E-state index in [-0.39, 0.29) is 24.7 Å². The van der Waals surface area contributed by atoms with Gasteiger partial charge >= 0.3 is 0 Å². The predicted molar refractivity (Wildman–Crippen MR) is 114 cm³/mol. The Morgan fingerprint density at radius 1 is 1.00 bits per heavy atom. The molecule has 148 valence electrons. The lowest BCUT2D eigenvalue weighted by Gasteiger charge is -2.20. The Morgan fingerprint density at radius 2 is 1.72 bits per heavy atom. The lowest BCUT2D eigenvalue weighted by atomic mass is 10.2. The van der Waals surface area contributed by atoms with Gasteiger partial charge in [0.1, 0.15) is 5.82 Å². The summed E-state index contributed by atoms with van der Waals surface area (Å²) in [5.74, 6) is -0.940. The van der Waals surface area contributed by atoms with Crippen LogP contribution in [0.1, 0.15) is 16.9 Å². The fourth-order valence-corrected chi connectivity index (χ4v) is 3.76. The van der Waals surface area contributed by atoms with Gasteiger partial charge < -0.3 is 10.6 Å². The van der Waals surface area contributed by atoms with Gasteiger partial charge in [-0.25, -0.2) is 4.39 Å². The average molecular weight is 408 g/mol. The summed E-state index contributed by atoms with van der Waals surface area (Å²) in [4.78, 5) is 27.1. The molecule has 3 rings (SSSR count). The van der Waals surface area contributed by atoms with E-state index in [2.05, 4.69) is 0 Å². The molecule has 4 nitrogen and oxygen atoms in total. The van der Waals surface area contributed by atoms with E-state index in [1.54, 1.807) is 29.2 Å². The number of benzene rings is 2. The largest absolute Gasteiger partial charge is 0.370 e. The minimum atomic E-state index is -0.451. The highest BCUT2D eigenvalue weighted by atomic mass is 32.1. The van der Waals surface area contributed by atoms with Crippen LogP contribution in [-0.2, 0) is 16.1 Å². The summed E-state index contributed by atoms with van der Waals surface area (Å²) in [7, 11) is 0. The molecule has 0 fully saturated rings. The van der Waals surface area contributed by atoms with Crippen molar-refractivity contribution >= 4 is 29.2 Å². The Kier molecular flexibility index (Phi) is 6.92. The molecule has 29 heavy (non-hydrogen) atoms. The molecule has 0 atom stereocenters. The summed E-state index contributed by atoms with van der Waals surface area (Å²) < 4.78 is 14.0. The monoisotopic (exact) mass is 408 g/mol. The topological polar surface area (TPSA) is 63.4 Å². The molecule has 1 aromatic heterocycles. The Labute approximate surface area is 173 Å². The Balaban J connectivity index is 1.72. The number of thiophene rings is 1. The Bertz CT molecular complexity index is 1010. The number of carbonyl (C=O) groups is 2. The van der Waals surface area contributed by atoms with Gasteiger partial charge in [0.15, 0.2) is 0 Å². The number of amides is 2. The van der Waals surface area contributed by atoms with Crippen molar-refractivity contribution in [2.75, 3.05) is 6.54 Å². The van der Waals surface area contributed by atoms with E-state index in [9.17, 15) is 14.0 Å². The number of carbonyl (C=O) groups excluding carboxylic acids is 2. The molecule has 0 spiro atoms. The molecule has 0 bridgehead atoms. The second-order valence-electron chi connectivity index (χ2n) is 6.48. The minimum Gasteiger partial charge on any atom is -0.370 e. The van der Waals surface area contributed by atoms with Crippen molar-refractivity contribution in [3.63, 3.8) is 0 Å². The van der Waals surface area contributed by atoms with Crippen LogP contribution < -0.4 is 5.73 Å². The van der Waals surface area contributed by atoms with E-state index >= 15 is 0 Å². The van der Waals surface area contributed by atoms with Gasteiger partial charge in [-0.3, -0.25) is 9.59 Å². The van der Waals surface area contributed by atoms with E-state index in [1.807, 2.05) is 42.5 Å². The first kappa shape index (κ1) is 20.5. The van der Waals surface area contributed by atoms with E-state index in [0.29, 0.717) is 12.1 Å². The van der Waals surface area contributed by atoms with Crippen LogP contribution >= 0.6 is 11.3 Å². The Hall–Kier alpha value is -3.25. The molecule has 0 saturated heterocycles. The lowest BCUT2D eigenvalue weighted by molar-refractivity contribution is -0.127. The van der Waals surface area contributed by atoms with Crippen LogP contribution in [0, 0.1) is 5.82 Å². The van der Waals surface area contributed by atoms with Crippen LogP contribution in [0.5, 0.6) is 0 Å². The summed E-state index contributed by atoms with van der Waals surface area (Å²) >= 11 is 1.40. The molecule has 0 saturated carbocycles. The van der Waals surface area contributed by atoms with Gasteiger partial charge in [0.2, 0.25) is 11.8 Å². The molecule has 0 aliphatic heterocycles. The van der Waals surface area contributed by atoms with E-state index < -0.39 is 5.91 Å². The Morgan fingerprint density at radius 3 is 2.45 bits per heavy atom. The summed E-state index contributed by atoms with van der Waals surface area (Å²) in [5.41, 5.74) is 6.75. The van der Waals surface area contributed by atoms with Gasteiger partial charge in [-0.2, -0.15) is 0 Å². The zero-order chi connectivity index (χ0) is 20.6. The van der Waals surface area contributed by atoms with Crippen LogP contribution in [0.15, 0.2) is 72.8 Å². The molecule has 1 heterocycles. The fourth-order valence-electron chi connectivity index (χ4n) is 2.82. The van der Waals surface area contributed by atoms with Crippen molar-refractivity contribution < 1.29 is 14.0 Å². The van der Waals surface area contributed by atoms with Gasteiger partial charge in [-0.15, -0.1) is 11.3 Å². The number of nitrogens with two attached hydrogens (primary N) is 1. The highest BCUT2D eigenvalue weighted by Crippen LogP contribution is 2.30. The van der Waals surface area contributed by atoms with Crippen molar-refractivity contribution in [2.24, 2.45) is 5.73 Å². The van der Waals surface area contributed by atoms with Gasteiger partial charge in [0.05, 0.1) is 0 Å². The first-order valence-electron chi connectivity index (χ1n) is 9.17. The van der Waals surface area contributed by atoms with Crippen LogP contribution in [-0.4, -0.2) is 23.3 Å². The van der Waals surface area contributed by atoms with Gasteiger partial charge in [-0.05, 0) is 29.8 Å². The normalized spacial score (nSPS) is 10.9. The van der Waals surface area contributed by atoms with Gasteiger partial charge in [-0.1, -0.05) is 48.5 Å². The minimum absolute atomic E-state index is 0.100. The van der Waals surface area contributed by atoms with Gasteiger partial charge in [0.25, 0.3) is 0 Å². The van der Waals surface area contributed by atoms with Crippen molar-refractivity contribution in [3.05, 3.63) is 89.1 Å². The van der Waals surface area contributed by atoms with E-state index in [0.717, 1.165) is 15.3 Å². The average Bonchev–Trinajstić information content (AvgIpc) is 3.19. The quantitative estimate of drug-likeness (QED) is 0.559. The first-order valence-corrected chi connectivity index (χ1v) is 9.98. The van der Waals surface area contributed by atoms with Crippen molar-refractivity contribution in [1.82, 2.24) is 4.90 Å². The van der Waals surface area contributed by atoms with Crippen LogP contribution in [0.4, 0.5) is 4.39 Å². The number of hydrogen-bond acceptors (Lipinski definition) is 3. The van der Waals surface area contributed by atoms with Crippen LogP contribution in [0.2, 0.25) is 0 Å². The smallest absolute Gasteiger partial charge is 0.246 e. The number of rotatable bonds is 8. The summed E-state index contributed by atoms with van der Waals surface area (Å²) in [6, 6.07) is 19.8. The van der Waals surface area contributed by atoms with Crippen LogP contribution in [0.3, 0.4) is 0 Å². The number of halogens is 1. The molecule has 6 heteroatoms. The third-order valence-corrected chi connectivity index (χ3v) is 5.40. The second kappa shape index (κ2) is 9.80. The maximum atomic E-state index is 14.0. The molecule has 2 aromatic carbocycles. The number of hydrogen-bond donors (Lipinski definition) is 1. The summed E-state index contributed by atoms with van der Waals surface area (Å²) in [6.45, 7) is 0.639. The van der Waals surface area contributed by atoms with Crippen molar-refractivity contribution in [3.8, 4) is 10.4 Å². The lowest BCUT2D eigenvalue weighted by Crippen LogP contribution is -2.32. The molecule has 0 radical (unpaired) electrons. The number of primary amides is 1. The fraction of sp³-hybridized carbons (Fsp3) is 0.130. The molecule has 2 amide bonds. The van der Waals surface area contributed by atoms with Crippen molar-refractivity contribution in [2.45, 2.75) is 13.0 Å². The zero-order valence-corrected chi connectivity index (χ0v) is 16.6. The molecule has 0 aliphatic carbocycles. The first-order chi connectivity index (χ1) is 14.0. The summed E-state index contributed by atoms with van der Waals surface area (Å²) in [5, 5.41) is 0. The number of nitrogens with zero attached hydrogens (tertiary/aromatic N) is 1. The zero-order valence-electron chi connectivity index (χ0n) is 15.8. The highest BCUT2D eigenvalue weighted by molar-refractivity contribution is 7.16. The van der Waals surface area contributed by atoms with E-state index in [4.69, 9.17) is 5.73 Å². The third kappa shape index (κ3) is 5.86. The third-order valence-electron chi connectivity index (χ3n) is 4.31. The van der Waals surface area contributed by atoms with E-state index in [1.165, 1.54) is 23.5 Å². The molecule has 0 unspecified atom stereocenters. The van der Waals surface area contributed by atoms with Gasteiger partial charge in [0, 0.05) is 40.9 Å². The molecular formula is C23H21FN2O2S. The molecule has 0 aliphatic rings. The standard InChI is InChI=1S/C23H21FN2O2S/c24-20-9-5-4-8-19(20)21-12-10-18(29-21)11-13-23(28)26(15-14-22(25)27)16-17-6-2-1-3-7-17/h1-13H,14-16H2,(H2,25,27)/b13-11+. The van der Waals surface area contributed by atoms with Crippen LogP contribution in [0.25, 0.3) is 16.5 Å². The van der Waals surface area contributed by atoms with Crippen molar-refractivity contribution in [1.29, 1.82) is 0 Å². The predicted octanol–water partition coefficient (Wildman–Crippen LogP) is 4.47. The molecular weight excluding hydrogens is 387 g/mol. The second-order valence-corrected chi connectivity index (χ2v) is 7.59. The highest BCUT2D eigenvalue weighted by Gasteiger charge is 2.13. The maximum Gasteiger partial charge on any atom is 0.246 e. The SMILES string of the molecule is NC(=O)CCN(Cc1ccccc1)C(=O)/C=C/c1ccc(-c2ccccc2F)s1. The molecule has 2 N–H and O–H groups in total.